The monoisotopic (exact) mass is 449 g/mol. The van der Waals surface area contributed by atoms with E-state index in [0.717, 1.165) is 25.7 Å². The highest BCUT2D eigenvalue weighted by Crippen LogP contribution is 2.58. The van der Waals surface area contributed by atoms with Crippen molar-refractivity contribution in [3.05, 3.63) is 70.2 Å². The third-order valence-electron chi connectivity index (χ3n) is 7.44. The number of halogens is 1. The average molecular weight is 450 g/mol. The third-order valence-corrected chi connectivity index (χ3v) is 7.69. The normalized spacial score (nSPS) is 28.8. The first-order valence-electron chi connectivity index (χ1n) is 10.9. The summed E-state index contributed by atoms with van der Waals surface area (Å²) in [7, 11) is 0. The molecule has 3 unspecified atom stereocenters. The van der Waals surface area contributed by atoms with Crippen molar-refractivity contribution in [1.82, 2.24) is 4.90 Å². The van der Waals surface area contributed by atoms with E-state index in [1.807, 2.05) is 0 Å². The van der Waals surface area contributed by atoms with E-state index in [9.17, 15) is 19.2 Å². The maximum Gasteiger partial charge on any atom is 0.237 e. The first-order valence-corrected chi connectivity index (χ1v) is 11.3. The van der Waals surface area contributed by atoms with Crippen LogP contribution in [0.2, 0.25) is 5.02 Å². The topological polar surface area (TPSA) is 80.8 Å². The van der Waals surface area contributed by atoms with Crippen molar-refractivity contribution >= 4 is 35.0 Å². The van der Waals surface area contributed by atoms with Gasteiger partial charge in [-0.15, -0.1) is 0 Å². The van der Waals surface area contributed by atoms with Crippen LogP contribution < -0.4 is 0 Å². The summed E-state index contributed by atoms with van der Waals surface area (Å²) in [4.78, 5) is 56.0. The number of amides is 2. The number of likely N-dealkylation sites (tertiary alicyclic amines) is 1. The lowest BCUT2D eigenvalue weighted by molar-refractivity contribution is -0.147. The largest absolute Gasteiger partial charge is 0.349 e. The van der Waals surface area contributed by atoms with Gasteiger partial charge in [0.05, 0.1) is 17.9 Å². The number of ether oxygens (including phenoxy) is 1. The van der Waals surface area contributed by atoms with E-state index in [4.69, 9.17) is 16.3 Å². The summed E-state index contributed by atoms with van der Waals surface area (Å²) in [5.41, 5.74) is -0.897. The van der Waals surface area contributed by atoms with E-state index in [1.54, 1.807) is 48.5 Å². The molecule has 2 heterocycles. The van der Waals surface area contributed by atoms with Crippen LogP contribution in [0.25, 0.3) is 0 Å². The molecule has 0 bridgehead atoms. The van der Waals surface area contributed by atoms with Gasteiger partial charge in [-0.3, -0.25) is 24.1 Å². The number of imide groups is 1. The Hall–Kier alpha value is -2.83. The molecule has 3 fully saturated rings. The van der Waals surface area contributed by atoms with Crippen molar-refractivity contribution < 1.29 is 23.9 Å². The van der Waals surface area contributed by atoms with Gasteiger partial charge in [0, 0.05) is 22.2 Å². The molecule has 7 heteroatoms. The highest BCUT2D eigenvalue weighted by molar-refractivity contribution is 6.35. The van der Waals surface area contributed by atoms with Crippen LogP contribution >= 0.6 is 11.6 Å². The second kappa shape index (κ2) is 6.83. The maximum atomic E-state index is 13.7. The smallest absolute Gasteiger partial charge is 0.237 e. The summed E-state index contributed by atoms with van der Waals surface area (Å²) in [6.07, 6.45) is 2.50. The van der Waals surface area contributed by atoms with Crippen molar-refractivity contribution in [2.75, 3.05) is 0 Å². The molecule has 2 saturated heterocycles. The van der Waals surface area contributed by atoms with Gasteiger partial charge in [0.15, 0.2) is 0 Å². The number of carbonyl (C=O) groups is 4. The maximum absolute atomic E-state index is 13.7. The van der Waals surface area contributed by atoms with E-state index in [-0.39, 0.29) is 23.1 Å². The SMILES string of the molecule is O=C1C2C(c3ccc(Cl)cc3)OC3(C(=O)c4ccccc4C3=O)C2C(=O)N1C1CCCC1. The van der Waals surface area contributed by atoms with Crippen LogP contribution in [0.15, 0.2) is 48.5 Å². The summed E-state index contributed by atoms with van der Waals surface area (Å²) in [5, 5.41) is 0.514. The van der Waals surface area contributed by atoms with Gasteiger partial charge < -0.3 is 4.74 Å². The summed E-state index contributed by atoms with van der Waals surface area (Å²) < 4.78 is 6.25. The molecule has 4 aliphatic rings. The predicted octanol–water partition coefficient (Wildman–Crippen LogP) is 3.77. The lowest BCUT2D eigenvalue weighted by atomic mass is 9.77. The number of fused-ring (bicyclic) bond motifs is 3. The van der Waals surface area contributed by atoms with Crippen molar-refractivity contribution in [3.8, 4) is 0 Å². The van der Waals surface area contributed by atoms with Crippen LogP contribution in [0, 0.1) is 11.8 Å². The number of carbonyl (C=O) groups excluding carboxylic acids is 4. The van der Waals surface area contributed by atoms with Gasteiger partial charge in [0.1, 0.15) is 0 Å². The Morgan fingerprint density at radius 1 is 0.844 bits per heavy atom. The number of nitrogens with zero attached hydrogens (tertiary/aromatic N) is 1. The summed E-state index contributed by atoms with van der Waals surface area (Å²) in [5.74, 6) is -3.95. The van der Waals surface area contributed by atoms with Crippen LogP contribution in [-0.2, 0) is 14.3 Å². The van der Waals surface area contributed by atoms with E-state index in [0.29, 0.717) is 10.6 Å². The second-order valence-corrected chi connectivity index (χ2v) is 9.45. The molecular weight excluding hydrogens is 430 g/mol. The third kappa shape index (κ3) is 2.39. The molecule has 3 atom stereocenters. The van der Waals surface area contributed by atoms with Crippen molar-refractivity contribution in [2.24, 2.45) is 11.8 Å². The zero-order chi connectivity index (χ0) is 22.2. The second-order valence-electron chi connectivity index (χ2n) is 9.02. The summed E-state index contributed by atoms with van der Waals surface area (Å²) in [6, 6.07) is 13.1. The minimum absolute atomic E-state index is 0.183. The molecule has 1 spiro atoms. The first-order chi connectivity index (χ1) is 15.4. The first kappa shape index (κ1) is 19.8. The van der Waals surface area contributed by atoms with Gasteiger partial charge in [0.2, 0.25) is 29.0 Å². The molecule has 2 aromatic carbocycles. The standard InChI is InChI=1S/C25H20ClNO5/c26-14-11-9-13(10-12-14)20-18-19(24(31)27(23(18)30)15-5-1-2-6-15)25(32-20)21(28)16-7-3-4-8-17(16)22(25)29/h3-4,7-12,15,18-20H,1-2,5-6H2. The Morgan fingerprint density at radius 3 is 2.03 bits per heavy atom. The van der Waals surface area contributed by atoms with Gasteiger partial charge in [-0.2, -0.15) is 0 Å². The van der Waals surface area contributed by atoms with Crippen LogP contribution in [0.1, 0.15) is 58.1 Å². The molecule has 6 rings (SSSR count). The number of Topliss-reactive ketones (excluding diaryl/α,β-unsaturated/α-hetero) is 2. The lowest BCUT2D eigenvalue weighted by Crippen LogP contribution is -2.51. The molecule has 2 amide bonds. The van der Waals surface area contributed by atoms with Gasteiger partial charge in [-0.25, -0.2) is 0 Å². The summed E-state index contributed by atoms with van der Waals surface area (Å²) in [6.45, 7) is 0. The Morgan fingerprint density at radius 2 is 1.44 bits per heavy atom. The van der Waals surface area contributed by atoms with Crippen molar-refractivity contribution in [2.45, 2.75) is 43.4 Å². The average Bonchev–Trinajstić information content (AvgIpc) is 3.54. The fourth-order valence-corrected chi connectivity index (χ4v) is 6.14. The number of benzene rings is 2. The van der Waals surface area contributed by atoms with Gasteiger partial charge >= 0.3 is 0 Å². The van der Waals surface area contributed by atoms with Crippen molar-refractivity contribution in [3.63, 3.8) is 0 Å². The lowest BCUT2D eigenvalue weighted by Gasteiger charge is -2.29. The molecular formula is C25H20ClNO5. The Bertz CT molecular complexity index is 1150. The van der Waals surface area contributed by atoms with Gasteiger partial charge in [-0.05, 0) is 30.5 Å². The highest BCUT2D eigenvalue weighted by atomic mass is 35.5. The van der Waals surface area contributed by atoms with Gasteiger partial charge in [-0.1, -0.05) is 60.8 Å². The molecule has 2 aliphatic heterocycles. The molecule has 32 heavy (non-hydrogen) atoms. The van der Waals surface area contributed by atoms with Gasteiger partial charge in [0.25, 0.3) is 0 Å². The van der Waals surface area contributed by atoms with Crippen LogP contribution in [0.5, 0.6) is 0 Å². The number of rotatable bonds is 2. The van der Waals surface area contributed by atoms with E-state index < -0.39 is 41.0 Å². The van der Waals surface area contributed by atoms with E-state index >= 15 is 0 Å². The van der Waals surface area contributed by atoms with Crippen LogP contribution in [0.4, 0.5) is 0 Å². The Kier molecular flexibility index (Phi) is 4.23. The van der Waals surface area contributed by atoms with Crippen LogP contribution in [0.3, 0.4) is 0 Å². The molecule has 1 saturated carbocycles. The molecule has 162 valence electrons. The number of hydrogen-bond acceptors (Lipinski definition) is 5. The molecule has 2 aromatic rings. The highest BCUT2D eigenvalue weighted by Gasteiger charge is 2.75. The minimum atomic E-state index is -2.00. The molecule has 0 N–H and O–H groups in total. The number of hydrogen-bond donors (Lipinski definition) is 0. The Labute approximate surface area is 189 Å². The quantitative estimate of drug-likeness (QED) is 0.515. The minimum Gasteiger partial charge on any atom is -0.349 e. The zero-order valence-corrected chi connectivity index (χ0v) is 17.9. The molecule has 0 aromatic heterocycles. The van der Waals surface area contributed by atoms with E-state index in [2.05, 4.69) is 0 Å². The fraction of sp³-hybridized carbons (Fsp3) is 0.360. The predicted molar refractivity (Wildman–Crippen MR) is 114 cm³/mol. The van der Waals surface area contributed by atoms with Crippen LogP contribution in [-0.4, -0.2) is 39.9 Å². The molecule has 2 aliphatic carbocycles. The fourth-order valence-electron chi connectivity index (χ4n) is 6.02. The number of ketones is 2. The molecule has 6 nitrogen and oxygen atoms in total. The van der Waals surface area contributed by atoms with E-state index in [1.165, 1.54) is 4.90 Å². The molecule has 0 radical (unpaired) electrons. The zero-order valence-electron chi connectivity index (χ0n) is 17.1. The Balaban J connectivity index is 1.52. The summed E-state index contributed by atoms with van der Waals surface area (Å²) >= 11 is 6.04. The van der Waals surface area contributed by atoms with Crippen molar-refractivity contribution in [1.29, 1.82) is 0 Å².